The van der Waals surface area contributed by atoms with Crippen LogP contribution < -0.4 is 0 Å². The zero-order chi connectivity index (χ0) is 22.2. The molecular weight excluding hydrogens is 388 g/mol. The highest BCUT2D eigenvalue weighted by molar-refractivity contribution is 6.27. The van der Waals surface area contributed by atoms with E-state index in [1.165, 1.54) is 0 Å². The van der Waals surface area contributed by atoms with Gasteiger partial charge in [-0.25, -0.2) is 9.59 Å². The van der Waals surface area contributed by atoms with Crippen molar-refractivity contribution in [3.05, 3.63) is 0 Å². The molecule has 0 saturated carbocycles. The number of urea groups is 2. The van der Waals surface area contributed by atoms with Gasteiger partial charge in [0.05, 0.1) is 0 Å². The molecule has 12 nitrogen and oxygen atoms in total. The van der Waals surface area contributed by atoms with E-state index in [4.69, 9.17) is 0 Å². The summed E-state index contributed by atoms with van der Waals surface area (Å²) in [5.41, 5.74) is 0. The lowest BCUT2D eigenvalue weighted by atomic mass is 9.91. The number of hydrogen-bond acceptors (Lipinski definition) is 8. The molecule has 2 saturated heterocycles. The van der Waals surface area contributed by atoms with Crippen LogP contribution in [0.4, 0.5) is 9.59 Å². The molecule has 0 radical (unpaired) electrons. The van der Waals surface area contributed by atoms with Crippen molar-refractivity contribution < 1.29 is 38.4 Å². The summed E-state index contributed by atoms with van der Waals surface area (Å²) in [7, 11) is 4.58. The van der Waals surface area contributed by atoms with Gasteiger partial charge in [0.15, 0.2) is 23.4 Å². The second-order valence-corrected chi connectivity index (χ2v) is 6.81. The lowest BCUT2D eigenvalue weighted by Crippen LogP contribution is -2.59. The summed E-state index contributed by atoms with van der Waals surface area (Å²) in [6.07, 6.45) is -0.804. The van der Waals surface area contributed by atoms with E-state index in [-0.39, 0.29) is 19.3 Å². The van der Waals surface area contributed by atoms with E-state index in [0.29, 0.717) is 19.6 Å². The maximum absolute atomic E-state index is 12.3. The summed E-state index contributed by atoms with van der Waals surface area (Å²) in [5, 5.41) is 0. The third-order valence-corrected chi connectivity index (χ3v) is 4.95. The Hall–Kier alpha value is -3.44. The van der Waals surface area contributed by atoms with Gasteiger partial charge >= 0.3 is 12.1 Å². The van der Waals surface area contributed by atoms with Crippen LogP contribution in [0.3, 0.4) is 0 Å². The van der Waals surface area contributed by atoms with Gasteiger partial charge in [-0.1, -0.05) is 0 Å². The van der Waals surface area contributed by atoms with Gasteiger partial charge in [0.25, 0.3) is 23.6 Å². The van der Waals surface area contributed by atoms with Crippen molar-refractivity contribution in [3.8, 4) is 0 Å². The molecular formula is C17H20N4O8. The molecule has 0 spiro atoms. The minimum Gasteiger partial charge on any atom is -0.298 e. The first-order chi connectivity index (χ1) is 13.4. The Morgan fingerprint density at radius 3 is 1.07 bits per heavy atom. The third-order valence-electron chi connectivity index (χ3n) is 4.95. The van der Waals surface area contributed by atoms with Gasteiger partial charge in [0.1, 0.15) is 0 Å². The molecule has 0 bridgehead atoms. The quantitative estimate of drug-likeness (QED) is 0.489. The molecule has 2 rings (SSSR count). The van der Waals surface area contributed by atoms with Gasteiger partial charge in [-0.15, -0.1) is 0 Å². The molecule has 0 aromatic carbocycles. The molecule has 0 atom stereocenters. The Balaban J connectivity index is 2.00. The topological polar surface area (TPSA) is 150 Å². The summed E-state index contributed by atoms with van der Waals surface area (Å²) in [6.45, 7) is 0. The van der Waals surface area contributed by atoms with Crippen LogP contribution in [-0.2, 0) is 28.8 Å². The van der Waals surface area contributed by atoms with Gasteiger partial charge in [-0.05, 0) is 6.42 Å². The van der Waals surface area contributed by atoms with Crippen molar-refractivity contribution in [2.45, 2.75) is 19.3 Å². The summed E-state index contributed by atoms with van der Waals surface area (Å²) in [6, 6.07) is -1.70. The molecule has 156 valence electrons. The molecule has 0 aromatic heterocycles. The van der Waals surface area contributed by atoms with Gasteiger partial charge < -0.3 is 0 Å². The second kappa shape index (κ2) is 7.89. The van der Waals surface area contributed by atoms with Crippen molar-refractivity contribution in [2.24, 2.45) is 11.8 Å². The number of amides is 8. The van der Waals surface area contributed by atoms with Crippen molar-refractivity contribution >= 4 is 47.3 Å². The number of carbonyl (C=O) groups is 8. The van der Waals surface area contributed by atoms with Crippen molar-refractivity contribution in [2.75, 3.05) is 28.2 Å². The number of imide groups is 4. The van der Waals surface area contributed by atoms with Crippen molar-refractivity contribution in [1.82, 2.24) is 19.6 Å². The van der Waals surface area contributed by atoms with E-state index < -0.39 is 59.1 Å². The van der Waals surface area contributed by atoms with Crippen LogP contribution in [0.5, 0.6) is 0 Å². The second-order valence-electron chi connectivity index (χ2n) is 6.81. The van der Waals surface area contributed by atoms with E-state index in [0.717, 1.165) is 28.2 Å². The average Bonchev–Trinajstić information content (AvgIpc) is 2.68. The number of Topliss-reactive ketones (excluding diaryl/α,β-unsaturated/α-hetero) is 2. The van der Waals surface area contributed by atoms with Gasteiger partial charge in [0, 0.05) is 41.0 Å². The standard InChI is InChI=1S/C17H20N4O8/c1-18-12(24)10(13(25)19(2)16(18)28)8(22)6-5-7-9(23)11-14(26)20(3)17(29)21(4)15(11)27/h10-11H,5-7H2,1-4H3. The Morgan fingerprint density at radius 2 is 0.828 bits per heavy atom. The fraction of sp³-hybridized carbons (Fsp3) is 0.529. The van der Waals surface area contributed by atoms with E-state index in [2.05, 4.69) is 0 Å². The van der Waals surface area contributed by atoms with Crippen LogP contribution in [0.15, 0.2) is 0 Å². The summed E-state index contributed by atoms with van der Waals surface area (Å²) < 4.78 is 0. The van der Waals surface area contributed by atoms with E-state index >= 15 is 0 Å². The fourth-order valence-electron chi connectivity index (χ4n) is 3.09. The summed E-state index contributed by atoms with van der Waals surface area (Å²) in [5.74, 6) is -8.70. The minimum absolute atomic E-state index is 0.117. The molecule has 0 unspecified atom stereocenters. The van der Waals surface area contributed by atoms with Gasteiger partial charge in [-0.3, -0.25) is 48.4 Å². The number of ketones is 2. The zero-order valence-electron chi connectivity index (χ0n) is 16.3. The molecule has 0 aromatic rings. The molecule has 0 aliphatic carbocycles. The molecule has 29 heavy (non-hydrogen) atoms. The monoisotopic (exact) mass is 408 g/mol. The summed E-state index contributed by atoms with van der Waals surface area (Å²) in [4.78, 5) is 99.1. The van der Waals surface area contributed by atoms with Crippen molar-refractivity contribution in [1.29, 1.82) is 0 Å². The molecule has 12 heteroatoms. The number of carbonyl (C=O) groups excluding carboxylic acids is 8. The highest BCUT2D eigenvalue weighted by atomic mass is 16.2. The Kier molecular flexibility index (Phi) is 5.95. The predicted octanol–water partition coefficient (Wildman–Crippen LogP) is -1.37. The number of hydrogen-bond donors (Lipinski definition) is 0. The Morgan fingerprint density at radius 1 is 0.586 bits per heavy atom. The van der Waals surface area contributed by atoms with E-state index in [9.17, 15) is 38.4 Å². The first kappa shape index (κ1) is 21.9. The molecule has 2 aliphatic rings. The first-order valence-electron chi connectivity index (χ1n) is 8.65. The number of barbiturate groups is 2. The molecule has 2 fully saturated rings. The predicted molar refractivity (Wildman–Crippen MR) is 92.7 cm³/mol. The van der Waals surface area contributed by atoms with E-state index in [1.54, 1.807) is 0 Å². The van der Waals surface area contributed by atoms with E-state index in [1.807, 2.05) is 0 Å². The lowest BCUT2D eigenvalue weighted by molar-refractivity contribution is -0.153. The molecule has 8 amide bonds. The maximum Gasteiger partial charge on any atom is 0.332 e. The Bertz CT molecular complexity index is 734. The maximum atomic E-state index is 12.3. The van der Waals surface area contributed by atoms with Crippen LogP contribution >= 0.6 is 0 Å². The molecule has 0 N–H and O–H groups in total. The number of nitrogens with zero attached hydrogens (tertiary/aromatic N) is 4. The largest absolute Gasteiger partial charge is 0.332 e. The smallest absolute Gasteiger partial charge is 0.298 e. The molecule has 2 heterocycles. The van der Waals surface area contributed by atoms with Gasteiger partial charge in [0.2, 0.25) is 0 Å². The molecule has 2 aliphatic heterocycles. The highest BCUT2D eigenvalue weighted by Gasteiger charge is 2.47. The SMILES string of the molecule is CN1C(=O)C(C(=O)CCCC(=O)C2C(=O)N(C)C(=O)N(C)C2=O)C(=O)N(C)C1=O. The average molecular weight is 408 g/mol. The summed E-state index contributed by atoms with van der Waals surface area (Å²) >= 11 is 0. The van der Waals surface area contributed by atoms with Crippen LogP contribution in [0.2, 0.25) is 0 Å². The Labute approximate surface area is 165 Å². The number of rotatable bonds is 6. The van der Waals surface area contributed by atoms with Crippen molar-refractivity contribution in [3.63, 3.8) is 0 Å². The third kappa shape index (κ3) is 3.65. The van der Waals surface area contributed by atoms with Crippen LogP contribution in [0, 0.1) is 11.8 Å². The van der Waals surface area contributed by atoms with Crippen LogP contribution in [-0.4, -0.2) is 95.0 Å². The highest BCUT2D eigenvalue weighted by Crippen LogP contribution is 2.21. The van der Waals surface area contributed by atoms with Gasteiger partial charge in [-0.2, -0.15) is 0 Å². The van der Waals surface area contributed by atoms with Crippen LogP contribution in [0.1, 0.15) is 19.3 Å². The van der Waals surface area contributed by atoms with Crippen LogP contribution in [0.25, 0.3) is 0 Å². The normalized spacial score (nSPS) is 19.6. The lowest BCUT2D eigenvalue weighted by Gasteiger charge is -2.32. The zero-order valence-corrected chi connectivity index (χ0v) is 16.3. The first-order valence-corrected chi connectivity index (χ1v) is 8.65. The fourth-order valence-corrected chi connectivity index (χ4v) is 3.09. The minimum atomic E-state index is -1.68.